The third-order valence-electron chi connectivity index (χ3n) is 3.21. The van der Waals surface area contributed by atoms with E-state index in [-0.39, 0.29) is 5.54 Å². The minimum absolute atomic E-state index is 0.147. The highest BCUT2D eigenvalue weighted by Gasteiger charge is 2.31. The molecule has 82 valence electrons. The van der Waals surface area contributed by atoms with E-state index in [1.54, 1.807) is 0 Å². The van der Waals surface area contributed by atoms with Crippen LogP contribution in [0.25, 0.3) is 0 Å². The Hall–Kier alpha value is -0.540. The van der Waals surface area contributed by atoms with Crippen LogP contribution in [0.2, 0.25) is 0 Å². The van der Waals surface area contributed by atoms with Crippen molar-refractivity contribution in [3.05, 3.63) is 28.7 Å². The molecule has 1 saturated carbocycles. The molecule has 0 aromatic heterocycles. The minimum atomic E-state index is 0.147. The van der Waals surface area contributed by atoms with Crippen molar-refractivity contribution in [2.45, 2.75) is 31.2 Å². The summed E-state index contributed by atoms with van der Waals surface area (Å²) >= 11 is 3.44. The molecule has 3 N–H and O–H groups in total. The second-order valence-corrected chi connectivity index (χ2v) is 5.24. The van der Waals surface area contributed by atoms with E-state index < -0.39 is 0 Å². The Labute approximate surface area is 99.4 Å². The molecular weight excluding hydrogens is 252 g/mol. The summed E-state index contributed by atoms with van der Waals surface area (Å²) in [6.45, 7) is 0.725. The summed E-state index contributed by atoms with van der Waals surface area (Å²) in [5.74, 6) is 0. The summed E-state index contributed by atoms with van der Waals surface area (Å²) < 4.78 is 1.11. The molecule has 1 fully saturated rings. The number of halogens is 1. The smallest absolute Gasteiger partial charge is 0.0495 e. The van der Waals surface area contributed by atoms with Gasteiger partial charge in [-0.3, -0.25) is 0 Å². The molecular formula is C12H17BrN2. The third kappa shape index (κ3) is 2.52. The van der Waals surface area contributed by atoms with E-state index in [1.165, 1.54) is 31.4 Å². The van der Waals surface area contributed by atoms with Crippen LogP contribution in [0.3, 0.4) is 0 Å². The highest BCUT2D eigenvalue weighted by Crippen LogP contribution is 2.32. The first kappa shape index (κ1) is 11.0. The van der Waals surface area contributed by atoms with E-state index in [9.17, 15) is 0 Å². The molecule has 1 aromatic rings. The van der Waals surface area contributed by atoms with Crippen LogP contribution in [0.15, 0.2) is 28.7 Å². The highest BCUT2D eigenvalue weighted by atomic mass is 79.9. The van der Waals surface area contributed by atoms with Gasteiger partial charge in [0.05, 0.1) is 0 Å². The Morgan fingerprint density at radius 1 is 1.20 bits per heavy atom. The van der Waals surface area contributed by atoms with Crippen molar-refractivity contribution in [3.8, 4) is 0 Å². The van der Waals surface area contributed by atoms with Gasteiger partial charge in [0.15, 0.2) is 0 Å². The van der Waals surface area contributed by atoms with Crippen molar-refractivity contribution in [1.29, 1.82) is 0 Å². The fourth-order valence-corrected chi connectivity index (χ4v) is 2.54. The van der Waals surface area contributed by atoms with E-state index in [2.05, 4.69) is 45.5 Å². The lowest BCUT2D eigenvalue weighted by Crippen LogP contribution is -2.42. The highest BCUT2D eigenvalue weighted by molar-refractivity contribution is 9.10. The van der Waals surface area contributed by atoms with Crippen LogP contribution in [0, 0.1) is 0 Å². The molecule has 15 heavy (non-hydrogen) atoms. The Bertz CT molecular complexity index is 315. The summed E-state index contributed by atoms with van der Waals surface area (Å²) in [5, 5.41) is 3.59. The predicted molar refractivity (Wildman–Crippen MR) is 68.0 cm³/mol. The van der Waals surface area contributed by atoms with Gasteiger partial charge in [-0.05, 0) is 37.1 Å². The van der Waals surface area contributed by atoms with Gasteiger partial charge in [-0.25, -0.2) is 0 Å². The molecule has 0 amide bonds. The number of hydrogen-bond donors (Lipinski definition) is 2. The normalized spacial score (nSPS) is 19.1. The van der Waals surface area contributed by atoms with Crippen LogP contribution in [-0.2, 0) is 0 Å². The standard InChI is InChI=1S/C12H17BrN2/c13-10-3-5-11(6-4-10)15-12(9-14)7-1-2-8-12/h3-6,15H,1-2,7-9,14H2. The molecule has 1 aromatic carbocycles. The maximum absolute atomic E-state index is 5.87. The Balaban J connectivity index is 2.09. The lowest BCUT2D eigenvalue weighted by Gasteiger charge is -2.30. The SMILES string of the molecule is NCC1(Nc2ccc(Br)cc2)CCCC1. The number of anilines is 1. The van der Waals surface area contributed by atoms with Gasteiger partial charge in [0.2, 0.25) is 0 Å². The summed E-state index contributed by atoms with van der Waals surface area (Å²) in [4.78, 5) is 0. The summed E-state index contributed by atoms with van der Waals surface area (Å²) in [6.07, 6.45) is 4.97. The van der Waals surface area contributed by atoms with Crippen molar-refractivity contribution in [2.75, 3.05) is 11.9 Å². The first-order valence-corrected chi connectivity index (χ1v) is 6.27. The molecule has 0 unspecified atom stereocenters. The number of rotatable bonds is 3. The van der Waals surface area contributed by atoms with Gasteiger partial charge in [-0.2, -0.15) is 0 Å². The van der Waals surface area contributed by atoms with Crippen LogP contribution in [0.1, 0.15) is 25.7 Å². The molecule has 0 atom stereocenters. The molecule has 3 heteroatoms. The molecule has 0 spiro atoms. The molecule has 2 nitrogen and oxygen atoms in total. The zero-order chi connectivity index (χ0) is 10.7. The Morgan fingerprint density at radius 2 is 1.80 bits per heavy atom. The van der Waals surface area contributed by atoms with Crippen LogP contribution in [-0.4, -0.2) is 12.1 Å². The Morgan fingerprint density at radius 3 is 2.33 bits per heavy atom. The third-order valence-corrected chi connectivity index (χ3v) is 3.73. The van der Waals surface area contributed by atoms with Crippen molar-refractivity contribution >= 4 is 21.6 Å². The van der Waals surface area contributed by atoms with Gasteiger partial charge < -0.3 is 11.1 Å². The van der Waals surface area contributed by atoms with Crippen molar-refractivity contribution in [2.24, 2.45) is 5.73 Å². The van der Waals surface area contributed by atoms with E-state index in [0.29, 0.717) is 0 Å². The largest absolute Gasteiger partial charge is 0.378 e. The average molecular weight is 269 g/mol. The van der Waals surface area contributed by atoms with Crippen molar-refractivity contribution in [3.63, 3.8) is 0 Å². The monoisotopic (exact) mass is 268 g/mol. The molecule has 0 aliphatic heterocycles. The summed E-state index contributed by atoms with van der Waals surface area (Å²) in [6, 6.07) is 8.31. The van der Waals surface area contributed by atoms with Gasteiger partial charge in [0.25, 0.3) is 0 Å². The number of nitrogens with one attached hydrogen (secondary N) is 1. The maximum atomic E-state index is 5.87. The second-order valence-electron chi connectivity index (χ2n) is 4.32. The van der Waals surface area contributed by atoms with Crippen LogP contribution >= 0.6 is 15.9 Å². The van der Waals surface area contributed by atoms with Crippen LogP contribution in [0.5, 0.6) is 0 Å². The Kier molecular flexibility index (Phi) is 3.32. The lowest BCUT2D eigenvalue weighted by molar-refractivity contribution is 0.493. The molecule has 0 heterocycles. The average Bonchev–Trinajstić information content (AvgIpc) is 2.71. The van der Waals surface area contributed by atoms with Gasteiger partial charge in [0, 0.05) is 22.2 Å². The molecule has 1 aliphatic carbocycles. The van der Waals surface area contributed by atoms with Crippen molar-refractivity contribution in [1.82, 2.24) is 0 Å². The zero-order valence-electron chi connectivity index (χ0n) is 8.80. The van der Waals surface area contributed by atoms with Crippen molar-refractivity contribution < 1.29 is 0 Å². The van der Waals surface area contributed by atoms with E-state index in [1.807, 2.05) is 0 Å². The van der Waals surface area contributed by atoms with E-state index in [0.717, 1.165) is 11.0 Å². The molecule has 2 rings (SSSR count). The molecule has 1 aliphatic rings. The molecule has 0 saturated heterocycles. The predicted octanol–water partition coefficient (Wildman–Crippen LogP) is 3.13. The topological polar surface area (TPSA) is 38.0 Å². The molecule has 0 bridgehead atoms. The second kappa shape index (κ2) is 4.54. The molecule has 0 radical (unpaired) electrons. The summed E-state index contributed by atoms with van der Waals surface area (Å²) in [5.41, 5.74) is 7.19. The first-order chi connectivity index (χ1) is 7.24. The van der Waals surface area contributed by atoms with Gasteiger partial charge >= 0.3 is 0 Å². The number of hydrogen-bond acceptors (Lipinski definition) is 2. The van der Waals surface area contributed by atoms with Crippen LogP contribution < -0.4 is 11.1 Å². The number of nitrogens with two attached hydrogens (primary N) is 1. The first-order valence-electron chi connectivity index (χ1n) is 5.48. The minimum Gasteiger partial charge on any atom is -0.378 e. The van der Waals surface area contributed by atoms with Crippen LogP contribution in [0.4, 0.5) is 5.69 Å². The van der Waals surface area contributed by atoms with Gasteiger partial charge in [-0.1, -0.05) is 28.8 Å². The lowest BCUT2D eigenvalue weighted by atomic mass is 9.97. The summed E-state index contributed by atoms with van der Waals surface area (Å²) in [7, 11) is 0. The number of benzene rings is 1. The van der Waals surface area contributed by atoms with E-state index in [4.69, 9.17) is 5.73 Å². The quantitative estimate of drug-likeness (QED) is 0.884. The van der Waals surface area contributed by atoms with E-state index >= 15 is 0 Å². The maximum Gasteiger partial charge on any atom is 0.0495 e. The van der Waals surface area contributed by atoms with Gasteiger partial charge in [0.1, 0.15) is 0 Å². The fourth-order valence-electron chi connectivity index (χ4n) is 2.27. The zero-order valence-corrected chi connectivity index (χ0v) is 10.4. The fraction of sp³-hybridized carbons (Fsp3) is 0.500. The van der Waals surface area contributed by atoms with Gasteiger partial charge in [-0.15, -0.1) is 0 Å².